The standard InChI is InChI=1S/C24H24O3/c1-3-20(16(2)24(26)27)22-13-10-18-15-19(25)11-14-21(18)23(22)12-9-17-7-5-4-6-8-17/h4-8,10-11,13-15,25H,3,9,12H2,1-2H3,(H,26,27)/b20-16+. The molecule has 0 unspecified atom stereocenters. The number of rotatable bonds is 6. The second kappa shape index (κ2) is 8.09. The average molecular weight is 360 g/mol. The SMILES string of the molecule is CC/C(=C(/C)C(=O)O)c1ccc2cc(O)ccc2c1CCc1ccccc1. The van der Waals surface area contributed by atoms with Crippen LogP contribution in [0.3, 0.4) is 0 Å². The summed E-state index contributed by atoms with van der Waals surface area (Å²) >= 11 is 0. The molecule has 3 heteroatoms. The van der Waals surface area contributed by atoms with E-state index in [0.717, 1.165) is 40.3 Å². The first-order valence-corrected chi connectivity index (χ1v) is 9.23. The van der Waals surface area contributed by atoms with E-state index in [1.165, 1.54) is 5.56 Å². The van der Waals surface area contributed by atoms with Gasteiger partial charge in [0.05, 0.1) is 0 Å². The first-order valence-electron chi connectivity index (χ1n) is 9.23. The number of carboxylic acids is 1. The fourth-order valence-corrected chi connectivity index (χ4v) is 3.63. The number of aromatic hydroxyl groups is 1. The van der Waals surface area contributed by atoms with Crippen molar-refractivity contribution in [3.05, 3.63) is 82.9 Å². The molecule has 0 spiro atoms. The number of hydrogen-bond donors (Lipinski definition) is 2. The van der Waals surface area contributed by atoms with Gasteiger partial charge in [-0.05, 0) is 71.4 Å². The van der Waals surface area contributed by atoms with E-state index in [4.69, 9.17) is 0 Å². The molecule has 27 heavy (non-hydrogen) atoms. The van der Waals surface area contributed by atoms with Crippen molar-refractivity contribution in [2.75, 3.05) is 0 Å². The normalized spacial score (nSPS) is 12.1. The zero-order chi connectivity index (χ0) is 19.4. The molecule has 0 bridgehead atoms. The summed E-state index contributed by atoms with van der Waals surface area (Å²) in [5, 5.41) is 21.4. The maximum absolute atomic E-state index is 11.6. The average Bonchev–Trinajstić information content (AvgIpc) is 2.67. The molecule has 138 valence electrons. The summed E-state index contributed by atoms with van der Waals surface area (Å²) in [5.41, 5.74) is 4.62. The molecule has 3 aromatic carbocycles. The van der Waals surface area contributed by atoms with Crippen LogP contribution in [0.15, 0.2) is 66.2 Å². The summed E-state index contributed by atoms with van der Waals surface area (Å²) in [6.07, 6.45) is 2.33. The molecular formula is C24H24O3. The highest BCUT2D eigenvalue weighted by Crippen LogP contribution is 2.33. The zero-order valence-corrected chi connectivity index (χ0v) is 15.7. The van der Waals surface area contributed by atoms with Crippen LogP contribution in [-0.4, -0.2) is 16.2 Å². The summed E-state index contributed by atoms with van der Waals surface area (Å²) in [6, 6.07) is 19.6. The lowest BCUT2D eigenvalue weighted by molar-refractivity contribution is -0.132. The largest absolute Gasteiger partial charge is 0.508 e. The fourth-order valence-electron chi connectivity index (χ4n) is 3.63. The Bertz CT molecular complexity index is 1000. The minimum Gasteiger partial charge on any atom is -0.508 e. The van der Waals surface area contributed by atoms with Gasteiger partial charge in [-0.15, -0.1) is 0 Å². The first kappa shape index (κ1) is 18.7. The summed E-state index contributed by atoms with van der Waals surface area (Å²) in [6.45, 7) is 3.66. The molecule has 0 radical (unpaired) electrons. The van der Waals surface area contributed by atoms with Crippen molar-refractivity contribution in [1.29, 1.82) is 0 Å². The van der Waals surface area contributed by atoms with Gasteiger partial charge in [-0.1, -0.05) is 55.5 Å². The molecule has 3 rings (SSSR count). The molecule has 3 nitrogen and oxygen atoms in total. The molecular weight excluding hydrogens is 336 g/mol. The molecule has 0 aliphatic heterocycles. The van der Waals surface area contributed by atoms with Crippen molar-refractivity contribution in [2.45, 2.75) is 33.1 Å². The Morgan fingerprint density at radius 2 is 1.70 bits per heavy atom. The van der Waals surface area contributed by atoms with Gasteiger partial charge < -0.3 is 10.2 Å². The van der Waals surface area contributed by atoms with Gasteiger partial charge in [0, 0.05) is 5.57 Å². The van der Waals surface area contributed by atoms with E-state index < -0.39 is 5.97 Å². The van der Waals surface area contributed by atoms with Crippen molar-refractivity contribution < 1.29 is 15.0 Å². The molecule has 0 aliphatic rings. The predicted octanol–water partition coefficient (Wildman–Crippen LogP) is 5.60. The Morgan fingerprint density at radius 3 is 2.37 bits per heavy atom. The second-order valence-corrected chi connectivity index (χ2v) is 6.74. The molecule has 3 aromatic rings. The van der Waals surface area contributed by atoms with Crippen molar-refractivity contribution in [1.82, 2.24) is 0 Å². The summed E-state index contributed by atoms with van der Waals surface area (Å²) in [7, 11) is 0. The topological polar surface area (TPSA) is 57.5 Å². The van der Waals surface area contributed by atoms with Crippen LogP contribution in [0.2, 0.25) is 0 Å². The van der Waals surface area contributed by atoms with E-state index in [9.17, 15) is 15.0 Å². The first-order chi connectivity index (χ1) is 13.0. The Balaban J connectivity index is 2.16. The highest BCUT2D eigenvalue weighted by atomic mass is 16.4. The fraction of sp³-hybridized carbons (Fsp3) is 0.208. The molecule has 0 saturated carbocycles. The van der Waals surface area contributed by atoms with Crippen LogP contribution in [0.1, 0.15) is 37.0 Å². The number of carbonyl (C=O) groups is 1. The number of phenolic OH excluding ortho intramolecular Hbond substituents is 1. The third-order valence-corrected chi connectivity index (χ3v) is 5.07. The summed E-state index contributed by atoms with van der Waals surface area (Å²) < 4.78 is 0. The third-order valence-electron chi connectivity index (χ3n) is 5.07. The van der Waals surface area contributed by atoms with Gasteiger partial charge in [0.2, 0.25) is 0 Å². The predicted molar refractivity (Wildman–Crippen MR) is 110 cm³/mol. The van der Waals surface area contributed by atoms with Crippen LogP contribution in [-0.2, 0) is 17.6 Å². The highest BCUT2D eigenvalue weighted by molar-refractivity contribution is 5.99. The van der Waals surface area contributed by atoms with E-state index in [-0.39, 0.29) is 5.75 Å². The number of hydrogen-bond acceptors (Lipinski definition) is 2. The van der Waals surface area contributed by atoms with E-state index in [0.29, 0.717) is 12.0 Å². The van der Waals surface area contributed by atoms with Gasteiger partial charge in [-0.2, -0.15) is 0 Å². The van der Waals surface area contributed by atoms with Crippen LogP contribution in [0.25, 0.3) is 16.3 Å². The maximum atomic E-state index is 11.6. The van der Waals surface area contributed by atoms with Crippen LogP contribution >= 0.6 is 0 Å². The van der Waals surface area contributed by atoms with Crippen LogP contribution < -0.4 is 0 Å². The third kappa shape index (κ3) is 4.03. The number of carboxylic acid groups (broad SMARTS) is 1. The molecule has 0 atom stereocenters. The second-order valence-electron chi connectivity index (χ2n) is 6.74. The molecule has 2 N–H and O–H groups in total. The summed E-state index contributed by atoms with van der Waals surface area (Å²) in [4.78, 5) is 11.6. The lowest BCUT2D eigenvalue weighted by atomic mass is 9.87. The molecule has 0 aromatic heterocycles. The van der Waals surface area contributed by atoms with Crippen LogP contribution in [0.5, 0.6) is 5.75 Å². The number of benzene rings is 3. The molecule has 0 saturated heterocycles. The Hall–Kier alpha value is -3.07. The molecule has 0 heterocycles. The van der Waals surface area contributed by atoms with Gasteiger partial charge in [0.15, 0.2) is 0 Å². The zero-order valence-electron chi connectivity index (χ0n) is 15.7. The van der Waals surface area contributed by atoms with E-state index >= 15 is 0 Å². The van der Waals surface area contributed by atoms with Gasteiger partial charge in [0.1, 0.15) is 5.75 Å². The lowest BCUT2D eigenvalue weighted by Gasteiger charge is -2.17. The van der Waals surface area contributed by atoms with Crippen molar-refractivity contribution in [2.24, 2.45) is 0 Å². The highest BCUT2D eigenvalue weighted by Gasteiger charge is 2.16. The lowest BCUT2D eigenvalue weighted by Crippen LogP contribution is -2.04. The van der Waals surface area contributed by atoms with Crippen LogP contribution in [0.4, 0.5) is 0 Å². The maximum Gasteiger partial charge on any atom is 0.331 e. The molecule has 0 fully saturated rings. The van der Waals surface area contributed by atoms with Crippen molar-refractivity contribution in [3.63, 3.8) is 0 Å². The van der Waals surface area contributed by atoms with Crippen LogP contribution in [0, 0.1) is 0 Å². The van der Waals surface area contributed by atoms with Gasteiger partial charge in [-0.3, -0.25) is 0 Å². The number of allylic oxidation sites excluding steroid dienone is 1. The Morgan fingerprint density at radius 1 is 0.963 bits per heavy atom. The number of fused-ring (bicyclic) bond motifs is 1. The quantitative estimate of drug-likeness (QED) is 0.563. The number of phenols is 1. The molecule has 0 amide bonds. The van der Waals surface area contributed by atoms with Gasteiger partial charge in [0.25, 0.3) is 0 Å². The van der Waals surface area contributed by atoms with E-state index in [2.05, 4.69) is 12.1 Å². The van der Waals surface area contributed by atoms with Gasteiger partial charge in [-0.25, -0.2) is 4.79 Å². The monoisotopic (exact) mass is 360 g/mol. The minimum absolute atomic E-state index is 0.234. The minimum atomic E-state index is -0.883. The number of aliphatic carboxylic acids is 1. The molecule has 0 aliphatic carbocycles. The van der Waals surface area contributed by atoms with Gasteiger partial charge >= 0.3 is 5.97 Å². The Kier molecular flexibility index (Phi) is 5.60. The summed E-state index contributed by atoms with van der Waals surface area (Å²) in [5.74, 6) is -0.649. The number of aryl methyl sites for hydroxylation is 2. The van der Waals surface area contributed by atoms with E-state index in [1.54, 1.807) is 19.1 Å². The smallest absolute Gasteiger partial charge is 0.331 e. The van der Waals surface area contributed by atoms with Crippen molar-refractivity contribution in [3.8, 4) is 5.75 Å². The van der Waals surface area contributed by atoms with E-state index in [1.807, 2.05) is 43.3 Å². The van der Waals surface area contributed by atoms with Crippen molar-refractivity contribution >= 4 is 22.3 Å². The Labute approximate surface area is 159 Å².